The molecule has 0 saturated carbocycles. The number of piperidine rings is 1. The number of aliphatic hydroxyl groups is 1. The highest BCUT2D eigenvalue weighted by atomic mass is 19.1. The predicted octanol–water partition coefficient (Wildman–Crippen LogP) is 2.77. The largest absolute Gasteiger partial charge is 0.384 e. The van der Waals surface area contributed by atoms with E-state index in [1.54, 1.807) is 11.0 Å². The number of halogens is 1. The number of fused-ring (bicyclic) bond motifs is 1. The molecule has 1 amide bonds. The lowest BCUT2D eigenvalue weighted by Crippen LogP contribution is -2.44. The van der Waals surface area contributed by atoms with Gasteiger partial charge >= 0.3 is 0 Å². The van der Waals surface area contributed by atoms with Crippen LogP contribution >= 0.6 is 0 Å². The molecule has 0 aliphatic carbocycles. The summed E-state index contributed by atoms with van der Waals surface area (Å²) in [6, 6.07) is 4.56. The van der Waals surface area contributed by atoms with Gasteiger partial charge in [0.1, 0.15) is 11.9 Å². The van der Waals surface area contributed by atoms with Crippen LogP contribution in [0.15, 0.2) is 22.7 Å². The van der Waals surface area contributed by atoms with Crippen LogP contribution in [0.3, 0.4) is 0 Å². The van der Waals surface area contributed by atoms with Crippen LogP contribution in [-0.2, 0) is 4.79 Å². The first kappa shape index (κ1) is 19.8. The highest BCUT2D eigenvalue weighted by molar-refractivity contribution is 5.80. The van der Waals surface area contributed by atoms with E-state index < -0.39 is 6.10 Å². The van der Waals surface area contributed by atoms with Crippen molar-refractivity contribution in [3.8, 4) is 0 Å². The average molecular weight is 377 g/mol. The molecule has 1 aliphatic heterocycles. The summed E-state index contributed by atoms with van der Waals surface area (Å²) in [5.41, 5.74) is 1.42. The van der Waals surface area contributed by atoms with Crippen molar-refractivity contribution in [2.45, 2.75) is 45.1 Å². The Bertz CT molecular complexity index is 769. The highest BCUT2D eigenvalue weighted by Gasteiger charge is 2.26. The van der Waals surface area contributed by atoms with Crippen molar-refractivity contribution in [3.63, 3.8) is 0 Å². The van der Waals surface area contributed by atoms with E-state index in [2.05, 4.69) is 10.1 Å². The van der Waals surface area contributed by atoms with Gasteiger partial charge in [-0.3, -0.25) is 4.79 Å². The summed E-state index contributed by atoms with van der Waals surface area (Å²) in [6.07, 6.45) is 1.84. The summed E-state index contributed by atoms with van der Waals surface area (Å²) in [7, 11) is 0. The minimum Gasteiger partial charge on any atom is -0.384 e. The van der Waals surface area contributed by atoms with E-state index in [1.807, 2.05) is 6.92 Å². The number of carbonyl (C=O) groups excluding carboxylic acids is 1. The summed E-state index contributed by atoms with van der Waals surface area (Å²) in [6.45, 7) is 7.49. The van der Waals surface area contributed by atoms with Gasteiger partial charge in [-0.1, -0.05) is 12.1 Å². The summed E-state index contributed by atoms with van der Waals surface area (Å²) < 4.78 is 18.6. The number of carbonyl (C=O) groups is 1. The summed E-state index contributed by atoms with van der Waals surface area (Å²) in [5.74, 6) is -0.213. The van der Waals surface area contributed by atoms with Gasteiger partial charge in [0.05, 0.1) is 5.69 Å². The molecule has 2 aromatic rings. The summed E-state index contributed by atoms with van der Waals surface area (Å²) >= 11 is 0. The molecule has 1 fully saturated rings. The topological polar surface area (TPSA) is 69.8 Å². The van der Waals surface area contributed by atoms with Crippen LogP contribution in [0.2, 0.25) is 0 Å². The van der Waals surface area contributed by atoms with Crippen molar-refractivity contribution in [2.75, 3.05) is 32.7 Å². The van der Waals surface area contributed by atoms with Gasteiger partial charge in [-0.05, 0) is 51.4 Å². The minimum atomic E-state index is -0.951. The molecule has 1 unspecified atom stereocenters. The Morgan fingerprint density at radius 2 is 2.15 bits per heavy atom. The standard InChI is InChI=1S/C20H28FN3O3/c1-3-8-24(20(26)14(2)25)12-11-23-9-6-15(7-10-23)19-17-5-4-16(21)13-18(17)27-22-19/h4-5,13-15,25H,3,6-12H2,1-2H3. The lowest BCUT2D eigenvalue weighted by Gasteiger charge is -2.33. The summed E-state index contributed by atoms with van der Waals surface area (Å²) in [4.78, 5) is 16.2. The van der Waals surface area contributed by atoms with Crippen LogP contribution in [0.25, 0.3) is 11.0 Å². The van der Waals surface area contributed by atoms with Gasteiger partial charge in [-0.15, -0.1) is 0 Å². The molecule has 1 aromatic carbocycles. The van der Waals surface area contributed by atoms with E-state index in [9.17, 15) is 14.3 Å². The van der Waals surface area contributed by atoms with Crippen LogP contribution in [0.1, 0.15) is 44.7 Å². The first-order chi connectivity index (χ1) is 13.0. The molecule has 1 atom stereocenters. The third-order valence-electron chi connectivity index (χ3n) is 5.28. The van der Waals surface area contributed by atoms with Crippen LogP contribution in [0.5, 0.6) is 0 Å². The van der Waals surface area contributed by atoms with Crippen molar-refractivity contribution in [1.29, 1.82) is 0 Å². The SMILES string of the molecule is CCCN(CCN1CCC(c2noc3cc(F)ccc23)CC1)C(=O)C(C)O. The summed E-state index contributed by atoms with van der Waals surface area (Å²) in [5, 5.41) is 14.6. The van der Waals surface area contributed by atoms with Crippen molar-refractivity contribution >= 4 is 16.9 Å². The fraction of sp³-hybridized carbons (Fsp3) is 0.600. The molecular weight excluding hydrogens is 349 g/mol. The van der Waals surface area contributed by atoms with Crippen molar-refractivity contribution in [3.05, 3.63) is 29.7 Å². The molecule has 6 nitrogen and oxygen atoms in total. The Kier molecular flexibility index (Phi) is 6.44. The van der Waals surface area contributed by atoms with Gasteiger partial charge in [-0.25, -0.2) is 4.39 Å². The molecule has 148 valence electrons. The Morgan fingerprint density at radius 1 is 1.41 bits per heavy atom. The predicted molar refractivity (Wildman–Crippen MR) is 101 cm³/mol. The second kappa shape index (κ2) is 8.80. The second-order valence-corrected chi connectivity index (χ2v) is 7.33. The van der Waals surface area contributed by atoms with Crippen LogP contribution in [0, 0.1) is 5.82 Å². The average Bonchev–Trinajstić information content (AvgIpc) is 3.07. The molecule has 1 aromatic heterocycles. The third-order valence-corrected chi connectivity index (χ3v) is 5.28. The zero-order chi connectivity index (χ0) is 19.4. The van der Waals surface area contributed by atoms with Gasteiger partial charge in [0.15, 0.2) is 5.58 Å². The smallest absolute Gasteiger partial charge is 0.251 e. The number of nitrogens with zero attached hydrogens (tertiary/aromatic N) is 3. The molecule has 0 spiro atoms. The number of hydrogen-bond acceptors (Lipinski definition) is 5. The maximum Gasteiger partial charge on any atom is 0.251 e. The Hall–Kier alpha value is -1.99. The third kappa shape index (κ3) is 4.65. The van der Waals surface area contributed by atoms with Gasteiger partial charge in [0.25, 0.3) is 5.91 Å². The molecule has 1 aliphatic rings. The molecule has 0 radical (unpaired) electrons. The molecule has 0 bridgehead atoms. The van der Waals surface area contributed by atoms with Crippen LogP contribution < -0.4 is 0 Å². The first-order valence-electron chi connectivity index (χ1n) is 9.73. The molecule has 2 heterocycles. The number of likely N-dealkylation sites (tertiary alicyclic amines) is 1. The fourth-order valence-electron chi connectivity index (χ4n) is 3.78. The molecule has 3 rings (SSSR count). The second-order valence-electron chi connectivity index (χ2n) is 7.33. The quantitative estimate of drug-likeness (QED) is 0.803. The fourth-order valence-corrected chi connectivity index (χ4v) is 3.78. The molecule has 7 heteroatoms. The Balaban J connectivity index is 1.54. The van der Waals surface area contributed by atoms with Crippen molar-refractivity contribution in [2.24, 2.45) is 0 Å². The maximum absolute atomic E-state index is 13.3. The minimum absolute atomic E-state index is 0.201. The normalized spacial score (nSPS) is 17.3. The highest BCUT2D eigenvalue weighted by Crippen LogP contribution is 2.32. The number of rotatable bonds is 7. The van der Waals surface area contributed by atoms with E-state index in [4.69, 9.17) is 4.52 Å². The van der Waals surface area contributed by atoms with Gasteiger partial charge in [-0.2, -0.15) is 0 Å². The number of amides is 1. The lowest BCUT2D eigenvalue weighted by molar-refractivity contribution is -0.139. The Labute approximate surface area is 158 Å². The number of aromatic nitrogens is 1. The monoisotopic (exact) mass is 377 g/mol. The first-order valence-corrected chi connectivity index (χ1v) is 9.73. The van der Waals surface area contributed by atoms with E-state index in [0.717, 1.165) is 50.0 Å². The van der Waals surface area contributed by atoms with Gasteiger partial charge in [0, 0.05) is 37.0 Å². The van der Waals surface area contributed by atoms with Gasteiger partial charge in [0.2, 0.25) is 0 Å². The van der Waals surface area contributed by atoms with E-state index in [0.29, 0.717) is 24.6 Å². The van der Waals surface area contributed by atoms with E-state index in [-0.39, 0.29) is 11.7 Å². The lowest BCUT2D eigenvalue weighted by atomic mass is 9.91. The van der Waals surface area contributed by atoms with Gasteiger partial charge < -0.3 is 19.4 Å². The molecule has 27 heavy (non-hydrogen) atoms. The maximum atomic E-state index is 13.3. The molecule has 1 saturated heterocycles. The van der Waals surface area contributed by atoms with Crippen molar-refractivity contribution < 1.29 is 18.8 Å². The zero-order valence-electron chi connectivity index (χ0n) is 16.0. The van der Waals surface area contributed by atoms with Crippen molar-refractivity contribution in [1.82, 2.24) is 15.0 Å². The molecular formula is C20H28FN3O3. The number of hydrogen-bond donors (Lipinski definition) is 1. The van der Waals surface area contributed by atoms with Crippen LogP contribution in [-0.4, -0.2) is 64.8 Å². The number of benzene rings is 1. The molecule has 1 N–H and O–H groups in total. The Morgan fingerprint density at radius 3 is 2.81 bits per heavy atom. The zero-order valence-corrected chi connectivity index (χ0v) is 16.0. The van der Waals surface area contributed by atoms with Crippen LogP contribution in [0.4, 0.5) is 4.39 Å². The van der Waals surface area contributed by atoms with E-state index >= 15 is 0 Å². The van der Waals surface area contributed by atoms with E-state index in [1.165, 1.54) is 19.1 Å². The number of aliphatic hydroxyl groups excluding tert-OH is 1.